The molecule has 1 heterocycles. The fraction of sp³-hybridized carbons (Fsp3) is 0.533. The van der Waals surface area contributed by atoms with Crippen molar-refractivity contribution in [3.8, 4) is 0 Å². The van der Waals surface area contributed by atoms with Crippen molar-refractivity contribution in [3.05, 3.63) is 35.6 Å². The van der Waals surface area contributed by atoms with Crippen LogP contribution in [-0.4, -0.2) is 35.1 Å². The third-order valence-corrected chi connectivity index (χ3v) is 4.16. The van der Waals surface area contributed by atoms with Crippen LogP contribution >= 0.6 is 0 Å². The lowest BCUT2D eigenvalue weighted by molar-refractivity contribution is -0.134. The highest BCUT2D eigenvalue weighted by atomic mass is 19.1. The second-order valence-electron chi connectivity index (χ2n) is 5.56. The average Bonchev–Trinajstić information content (AvgIpc) is 3.19. The SMILES string of the molecule is O=C(C1CC1c1cccc(F)c1)N1CCC(O)CC1. The fourth-order valence-electron chi connectivity index (χ4n) is 2.89. The molecule has 1 aliphatic carbocycles. The van der Waals surface area contributed by atoms with Crippen LogP contribution in [0.15, 0.2) is 24.3 Å². The van der Waals surface area contributed by atoms with Gasteiger partial charge in [0, 0.05) is 19.0 Å². The van der Waals surface area contributed by atoms with Crippen LogP contribution in [0.1, 0.15) is 30.7 Å². The third-order valence-electron chi connectivity index (χ3n) is 4.16. The zero-order valence-electron chi connectivity index (χ0n) is 10.8. The summed E-state index contributed by atoms with van der Waals surface area (Å²) < 4.78 is 13.2. The maximum absolute atomic E-state index is 13.2. The van der Waals surface area contributed by atoms with Gasteiger partial charge in [-0.25, -0.2) is 4.39 Å². The molecule has 0 aromatic heterocycles. The number of aliphatic hydroxyl groups is 1. The Hall–Kier alpha value is -1.42. The first-order chi connectivity index (χ1) is 9.15. The zero-order valence-corrected chi connectivity index (χ0v) is 10.8. The topological polar surface area (TPSA) is 40.5 Å². The average molecular weight is 263 g/mol. The summed E-state index contributed by atoms with van der Waals surface area (Å²) in [5, 5.41) is 9.44. The standard InChI is InChI=1S/C15H18FNO2/c16-11-3-1-2-10(8-11)13-9-14(13)15(19)17-6-4-12(18)5-7-17/h1-3,8,12-14,18H,4-7,9H2. The maximum Gasteiger partial charge on any atom is 0.226 e. The summed E-state index contributed by atoms with van der Waals surface area (Å²) in [7, 11) is 0. The molecule has 1 aromatic rings. The summed E-state index contributed by atoms with van der Waals surface area (Å²) in [6.07, 6.45) is 1.90. The van der Waals surface area contributed by atoms with Gasteiger partial charge in [-0.1, -0.05) is 12.1 Å². The number of halogens is 1. The van der Waals surface area contributed by atoms with Gasteiger partial charge in [-0.05, 0) is 42.9 Å². The molecule has 1 N–H and O–H groups in total. The minimum absolute atomic E-state index is 0.0112. The van der Waals surface area contributed by atoms with E-state index in [9.17, 15) is 14.3 Å². The highest BCUT2D eigenvalue weighted by Crippen LogP contribution is 2.48. The zero-order chi connectivity index (χ0) is 13.4. The Morgan fingerprint density at radius 1 is 1.32 bits per heavy atom. The molecule has 1 amide bonds. The lowest BCUT2D eigenvalue weighted by atomic mass is 10.1. The van der Waals surface area contributed by atoms with E-state index in [0.29, 0.717) is 25.9 Å². The van der Waals surface area contributed by atoms with Crippen molar-refractivity contribution in [1.82, 2.24) is 4.90 Å². The van der Waals surface area contributed by atoms with Crippen molar-refractivity contribution in [3.63, 3.8) is 0 Å². The Labute approximate surface area is 112 Å². The van der Waals surface area contributed by atoms with Crippen LogP contribution in [0, 0.1) is 11.7 Å². The van der Waals surface area contributed by atoms with E-state index in [0.717, 1.165) is 12.0 Å². The third kappa shape index (κ3) is 2.63. The summed E-state index contributed by atoms with van der Waals surface area (Å²) in [5.41, 5.74) is 0.926. The van der Waals surface area contributed by atoms with Gasteiger partial charge in [-0.2, -0.15) is 0 Å². The summed E-state index contributed by atoms with van der Waals surface area (Å²) in [5.74, 6) is 0.116. The van der Waals surface area contributed by atoms with Gasteiger partial charge in [0.05, 0.1) is 6.10 Å². The summed E-state index contributed by atoms with van der Waals surface area (Å²) in [6, 6.07) is 6.54. The second-order valence-corrected chi connectivity index (χ2v) is 5.56. The monoisotopic (exact) mass is 263 g/mol. The van der Waals surface area contributed by atoms with Gasteiger partial charge in [0.25, 0.3) is 0 Å². The molecule has 1 saturated heterocycles. The highest BCUT2D eigenvalue weighted by Gasteiger charge is 2.46. The van der Waals surface area contributed by atoms with E-state index in [4.69, 9.17) is 0 Å². The molecule has 2 fully saturated rings. The van der Waals surface area contributed by atoms with E-state index in [1.807, 2.05) is 11.0 Å². The molecule has 0 bridgehead atoms. The Morgan fingerprint density at radius 2 is 2.05 bits per heavy atom. The van der Waals surface area contributed by atoms with E-state index in [2.05, 4.69) is 0 Å². The molecule has 3 rings (SSSR count). The van der Waals surface area contributed by atoms with Gasteiger partial charge < -0.3 is 10.0 Å². The first-order valence-corrected chi connectivity index (χ1v) is 6.87. The molecular weight excluding hydrogens is 245 g/mol. The van der Waals surface area contributed by atoms with Crippen molar-refractivity contribution in [1.29, 1.82) is 0 Å². The highest BCUT2D eigenvalue weighted by molar-refractivity contribution is 5.83. The lowest BCUT2D eigenvalue weighted by Crippen LogP contribution is -2.41. The second kappa shape index (κ2) is 4.93. The Kier molecular flexibility index (Phi) is 3.27. The van der Waals surface area contributed by atoms with Gasteiger partial charge in [0.1, 0.15) is 5.82 Å². The molecule has 102 valence electrons. The fourth-order valence-corrected chi connectivity index (χ4v) is 2.89. The normalized spacial score (nSPS) is 27.4. The lowest BCUT2D eigenvalue weighted by Gasteiger charge is -2.29. The number of piperidine rings is 1. The van der Waals surface area contributed by atoms with E-state index in [1.54, 1.807) is 6.07 Å². The molecular formula is C15H18FNO2. The number of carbonyl (C=O) groups is 1. The summed E-state index contributed by atoms with van der Waals surface area (Å²) in [6.45, 7) is 1.29. The number of aliphatic hydroxyl groups excluding tert-OH is 1. The summed E-state index contributed by atoms with van der Waals surface area (Å²) in [4.78, 5) is 14.1. The minimum Gasteiger partial charge on any atom is -0.393 e. The quantitative estimate of drug-likeness (QED) is 0.885. The Morgan fingerprint density at radius 3 is 2.74 bits per heavy atom. The van der Waals surface area contributed by atoms with Gasteiger partial charge in [0.2, 0.25) is 5.91 Å². The molecule has 0 radical (unpaired) electrons. The molecule has 0 spiro atoms. The molecule has 19 heavy (non-hydrogen) atoms. The van der Waals surface area contributed by atoms with Crippen LogP contribution in [-0.2, 0) is 4.79 Å². The number of rotatable bonds is 2. The Bertz CT molecular complexity index is 483. The number of benzene rings is 1. The number of hydrogen-bond acceptors (Lipinski definition) is 2. The van der Waals surface area contributed by atoms with Crippen LogP contribution < -0.4 is 0 Å². The van der Waals surface area contributed by atoms with E-state index in [1.165, 1.54) is 12.1 Å². The van der Waals surface area contributed by atoms with Gasteiger partial charge in [-0.3, -0.25) is 4.79 Å². The van der Waals surface area contributed by atoms with Gasteiger partial charge in [0.15, 0.2) is 0 Å². The van der Waals surface area contributed by atoms with Gasteiger partial charge in [-0.15, -0.1) is 0 Å². The molecule has 1 saturated carbocycles. The smallest absolute Gasteiger partial charge is 0.226 e. The van der Waals surface area contributed by atoms with Crippen LogP contribution in [0.5, 0.6) is 0 Å². The van der Waals surface area contributed by atoms with Crippen LogP contribution in [0.4, 0.5) is 4.39 Å². The predicted molar refractivity (Wildman–Crippen MR) is 69.1 cm³/mol. The number of nitrogens with zero attached hydrogens (tertiary/aromatic N) is 1. The first-order valence-electron chi connectivity index (χ1n) is 6.87. The molecule has 2 aliphatic rings. The molecule has 1 aliphatic heterocycles. The van der Waals surface area contributed by atoms with E-state index >= 15 is 0 Å². The largest absolute Gasteiger partial charge is 0.393 e. The minimum atomic E-state index is -0.262. The molecule has 4 heteroatoms. The van der Waals surface area contributed by atoms with Crippen molar-refractivity contribution in [2.75, 3.05) is 13.1 Å². The van der Waals surface area contributed by atoms with Crippen molar-refractivity contribution < 1.29 is 14.3 Å². The Balaban J connectivity index is 1.62. The number of likely N-dealkylation sites (tertiary alicyclic amines) is 1. The molecule has 2 atom stereocenters. The van der Waals surface area contributed by atoms with Crippen LogP contribution in [0.25, 0.3) is 0 Å². The van der Waals surface area contributed by atoms with Crippen molar-refractivity contribution >= 4 is 5.91 Å². The van der Waals surface area contributed by atoms with Crippen LogP contribution in [0.3, 0.4) is 0 Å². The first kappa shape index (κ1) is 12.6. The van der Waals surface area contributed by atoms with Crippen molar-refractivity contribution in [2.24, 2.45) is 5.92 Å². The molecule has 3 nitrogen and oxygen atoms in total. The number of amides is 1. The van der Waals surface area contributed by atoms with E-state index < -0.39 is 0 Å². The number of hydrogen-bond donors (Lipinski definition) is 1. The molecule has 1 aromatic carbocycles. The van der Waals surface area contributed by atoms with Crippen molar-refractivity contribution in [2.45, 2.75) is 31.3 Å². The maximum atomic E-state index is 13.2. The van der Waals surface area contributed by atoms with E-state index in [-0.39, 0.29) is 29.7 Å². The summed E-state index contributed by atoms with van der Waals surface area (Å²) >= 11 is 0. The predicted octanol–water partition coefficient (Wildman–Crippen LogP) is 1.91. The van der Waals surface area contributed by atoms with Gasteiger partial charge >= 0.3 is 0 Å². The molecule has 2 unspecified atom stereocenters. The van der Waals surface area contributed by atoms with Crippen LogP contribution in [0.2, 0.25) is 0 Å². The number of carbonyl (C=O) groups excluding carboxylic acids is 1.